The molecule has 2 aliphatic carbocycles. The van der Waals surface area contributed by atoms with Gasteiger partial charge >= 0.3 is 0 Å². The summed E-state index contributed by atoms with van der Waals surface area (Å²) in [6.45, 7) is 13.1. The van der Waals surface area contributed by atoms with Gasteiger partial charge in [-0.25, -0.2) is 4.98 Å². The second-order valence-electron chi connectivity index (χ2n) is 16.3. The van der Waals surface area contributed by atoms with Crippen molar-refractivity contribution in [3.63, 3.8) is 0 Å². The smallest absolute Gasteiger partial charge is 0.246 e. The molecule has 3 fully saturated rings. The number of Topliss-reactive ketones (excluding diaryl/α,β-unsaturated/α-hetero) is 3. The summed E-state index contributed by atoms with van der Waals surface area (Å²) in [6.07, 6.45) is 7.42. The molecule has 1 aromatic heterocycles. The first-order valence-electron chi connectivity index (χ1n) is 17.8. The van der Waals surface area contributed by atoms with Crippen LogP contribution in [-0.4, -0.2) is 84.6 Å². The number of carbonyl (C=O) groups is 5. The molecule has 11 nitrogen and oxygen atoms in total. The molecular formula is C38H60N4O7. The Morgan fingerprint density at radius 3 is 2.31 bits per heavy atom. The molecule has 3 N–H and O–H groups in total. The van der Waals surface area contributed by atoms with Gasteiger partial charge in [0.15, 0.2) is 17.3 Å². The van der Waals surface area contributed by atoms with Gasteiger partial charge in [-0.05, 0) is 68.1 Å². The van der Waals surface area contributed by atoms with E-state index in [9.17, 15) is 34.2 Å². The molecular weight excluding hydrogens is 624 g/mol. The van der Waals surface area contributed by atoms with Crippen LogP contribution in [0.1, 0.15) is 124 Å². The summed E-state index contributed by atoms with van der Waals surface area (Å²) in [4.78, 5) is 78.2. The summed E-state index contributed by atoms with van der Waals surface area (Å²) < 4.78 is 0. The van der Waals surface area contributed by atoms with Crippen molar-refractivity contribution in [1.82, 2.24) is 20.2 Å². The number of carbonyl (C=O) groups excluding carboxylic acids is 5. The standard InChI is InChI=1S/C37H56N4O7.CH4/c1-8-9-23(32(45)30(44)16-22-10-11-22)17-29(43)31-24-12-13-37(7,48)26(24)20-41(31)35(47)33(36(4,5)6)40-34(46)25(21(2)3)18-28(42)27-19-38-14-15-39-27;/h14-15,19,21-26,31-33,45,48H,8-13,16-18,20H2,1-7H3,(H,40,46);1H4/t23?,24-,25+,26-,31-,32?,33+,37+;/m0./s1. The van der Waals surface area contributed by atoms with E-state index in [0.29, 0.717) is 38.0 Å². The number of nitrogens with zero attached hydrogens (tertiary/aromatic N) is 3. The van der Waals surface area contributed by atoms with Crippen molar-refractivity contribution >= 4 is 29.2 Å². The van der Waals surface area contributed by atoms with Gasteiger partial charge in [0, 0.05) is 50.0 Å². The maximum atomic E-state index is 14.6. The van der Waals surface area contributed by atoms with E-state index in [1.165, 1.54) is 23.5 Å². The van der Waals surface area contributed by atoms with Crippen molar-refractivity contribution in [3.05, 3.63) is 24.3 Å². The zero-order valence-corrected chi connectivity index (χ0v) is 29.8. The van der Waals surface area contributed by atoms with Crippen LogP contribution in [0.5, 0.6) is 0 Å². The number of aliphatic hydroxyl groups is 2. The number of hydrogen-bond donors (Lipinski definition) is 3. The summed E-state index contributed by atoms with van der Waals surface area (Å²) in [5.74, 6) is -3.42. The van der Waals surface area contributed by atoms with E-state index in [-0.39, 0.29) is 67.6 Å². The first kappa shape index (κ1) is 40.4. The molecule has 0 aromatic carbocycles. The van der Waals surface area contributed by atoms with Gasteiger partial charge < -0.3 is 20.4 Å². The minimum absolute atomic E-state index is 0. The Morgan fingerprint density at radius 1 is 1.08 bits per heavy atom. The van der Waals surface area contributed by atoms with Crippen molar-refractivity contribution < 1.29 is 34.2 Å². The number of amides is 2. The van der Waals surface area contributed by atoms with Gasteiger partial charge in [-0.1, -0.05) is 55.4 Å². The average molecular weight is 685 g/mol. The highest BCUT2D eigenvalue weighted by Gasteiger charge is 2.58. The Hall–Kier alpha value is -3.05. The third-order valence-corrected chi connectivity index (χ3v) is 10.9. The Labute approximate surface area is 292 Å². The molecule has 2 heterocycles. The van der Waals surface area contributed by atoms with Crippen LogP contribution in [0, 0.1) is 40.9 Å². The highest BCUT2D eigenvalue weighted by atomic mass is 16.3. The summed E-state index contributed by atoms with van der Waals surface area (Å²) in [6, 6.07) is -1.86. The summed E-state index contributed by atoms with van der Waals surface area (Å²) in [5, 5.41) is 25.3. The lowest BCUT2D eigenvalue weighted by Crippen LogP contribution is -2.58. The van der Waals surface area contributed by atoms with Crippen LogP contribution in [0.4, 0.5) is 0 Å². The Balaban J connectivity index is 0.00000650. The van der Waals surface area contributed by atoms with Crippen LogP contribution < -0.4 is 5.32 Å². The predicted molar refractivity (Wildman–Crippen MR) is 186 cm³/mol. The minimum atomic E-state index is -1.23. The normalized spacial score (nSPS) is 25.9. The van der Waals surface area contributed by atoms with Gasteiger partial charge in [0.1, 0.15) is 17.8 Å². The molecule has 1 aromatic rings. The van der Waals surface area contributed by atoms with E-state index < -0.39 is 52.9 Å². The lowest BCUT2D eigenvalue weighted by molar-refractivity contribution is -0.145. The van der Waals surface area contributed by atoms with Gasteiger partial charge in [0.05, 0.1) is 17.8 Å². The lowest BCUT2D eigenvalue weighted by atomic mass is 9.81. The highest BCUT2D eigenvalue weighted by molar-refractivity contribution is 5.98. The average Bonchev–Trinajstić information content (AvgIpc) is 3.67. The molecule has 0 bridgehead atoms. The Bertz CT molecular complexity index is 1340. The molecule has 49 heavy (non-hydrogen) atoms. The number of hydrogen-bond acceptors (Lipinski definition) is 9. The molecule has 2 unspecified atom stereocenters. The number of nitrogens with one attached hydrogen (secondary N) is 1. The quantitative estimate of drug-likeness (QED) is 0.211. The van der Waals surface area contributed by atoms with E-state index in [2.05, 4.69) is 15.3 Å². The van der Waals surface area contributed by atoms with E-state index >= 15 is 0 Å². The van der Waals surface area contributed by atoms with Crippen LogP contribution >= 0.6 is 0 Å². The lowest BCUT2D eigenvalue weighted by Gasteiger charge is -2.37. The second kappa shape index (κ2) is 16.3. The number of likely N-dealkylation sites (tertiary alicyclic amines) is 1. The number of aromatic nitrogens is 2. The summed E-state index contributed by atoms with van der Waals surface area (Å²) in [7, 11) is 0. The molecule has 11 heteroatoms. The van der Waals surface area contributed by atoms with Gasteiger partial charge in [-0.3, -0.25) is 29.0 Å². The zero-order chi connectivity index (χ0) is 35.6. The van der Waals surface area contributed by atoms with Crippen LogP contribution in [0.2, 0.25) is 0 Å². The largest absolute Gasteiger partial charge is 0.390 e. The molecule has 1 aliphatic heterocycles. The van der Waals surface area contributed by atoms with Crippen molar-refractivity contribution in [2.45, 2.75) is 137 Å². The second-order valence-corrected chi connectivity index (χ2v) is 16.3. The zero-order valence-electron chi connectivity index (χ0n) is 29.8. The van der Waals surface area contributed by atoms with E-state index in [1.54, 1.807) is 6.92 Å². The number of aliphatic hydroxyl groups excluding tert-OH is 1. The molecule has 0 spiro atoms. The molecule has 8 atom stereocenters. The maximum absolute atomic E-state index is 14.6. The highest BCUT2D eigenvalue weighted by Crippen LogP contribution is 2.49. The van der Waals surface area contributed by atoms with Crippen molar-refractivity contribution in [3.8, 4) is 0 Å². The monoisotopic (exact) mass is 684 g/mol. The fourth-order valence-corrected chi connectivity index (χ4v) is 7.77. The predicted octanol–water partition coefficient (Wildman–Crippen LogP) is 4.58. The Morgan fingerprint density at radius 2 is 1.76 bits per heavy atom. The Kier molecular flexibility index (Phi) is 13.4. The fourth-order valence-electron chi connectivity index (χ4n) is 7.77. The van der Waals surface area contributed by atoms with Crippen LogP contribution in [-0.2, 0) is 19.2 Å². The number of fused-ring (bicyclic) bond motifs is 1. The minimum Gasteiger partial charge on any atom is -0.390 e. The molecule has 3 aliphatic rings. The third kappa shape index (κ3) is 9.60. The van der Waals surface area contributed by atoms with Gasteiger partial charge in [0.2, 0.25) is 11.8 Å². The van der Waals surface area contributed by atoms with Crippen LogP contribution in [0.25, 0.3) is 0 Å². The van der Waals surface area contributed by atoms with Gasteiger partial charge in [-0.15, -0.1) is 0 Å². The number of rotatable bonds is 16. The van der Waals surface area contributed by atoms with Crippen molar-refractivity contribution in [1.29, 1.82) is 0 Å². The molecule has 0 radical (unpaired) electrons. The van der Waals surface area contributed by atoms with Crippen molar-refractivity contribution in [2.75, 3.05) is 6.54 Å². The topological polar surface area (TPSA) is 167 Å². The van der Waals surface area contributed by atoms with Crippen molar-refractivity contribution in [2.24, 2.45) is 40.9 Å². The summed E-state index contributed by atoms with van der Waals surface area (Å²) >= 11 is 0. The fraction of sp³-hybridized carbons (Fsp3) is 0.763. The number of ketones is 3. The maximum Gasteiger partial charge on any atom is 0.246 e. The third-order valence-electron chi connectivity index (χ3n) is 10.9. The molecule has 274 valence electrons. The van der Waals surface area contributed by atoms with Gasteiger partial charge in [-0.2, -0.15) is 0 Å². The van der Waals surface area contributed by atoms with Crippen LogP contribution in [0.15, 0.2) is 18.6 Å². The molecule has 1 saturated heterocycles. The van der Waals surface area contributed by atoms with E-state index in [0.717, 1.165) is 12.8 Å². The van der Waals surface area contributed by atoms with E-state index in [4.69, 9.17) is 0 Å². The van der Waals surface area contributed by atoms with Crippen LogP contribution in [0.3, 0.4) is 0 Å². The first-order valence-corrected chi connectivity index (χ1v) is 17.8. The first-order chi connectivity index (χ1) is 22.5. The molecule has 2 saturated carbocycles. The SMILES string of the molecule is C.CCCC(CC(=O)[C@@H]1[C@H]2CC[C@@](C)(O)[C@H]2CN1C(=O)[C@@H](NC(=O)[C@H](CC(=O)c1cnccn1)C(C)C)C(C)(C)C)C(O)C(=O)CC1CC1. The van der Waals surface area contributed by atoms with E-state index in [1.807, 2.05) is 41.5 Å². The van der Waals surface area contributed by atoms with Gasteiger partial charge in [0.25, 0.3) is 0 Å². The summed E-state index contributed by atoms with van der Waals surface area (Å²) in [5.41, 5.74) is -1.66. The molecule has 4 rings (SSSR count). The molecule has 2 amide bonds.